The minimum absolute atomic E-state index is 0.0528. The van der Waals surface area contributed by atoms with Crippen molar-refractivity contribution in [2.24, 2.45) is 11.7 Å². The van der Waals surface area contributed by atoms with Gasteiger partial charge in [-0.1, -0.05) is 11.8 Å². The highest BCUT2D eigenvalue weighted by atomic mass is 32.1. The van der Waals surface area contributed by atoms with Crippen LogP contribution in [0, 0.1) is 24.7 Å². The molecule has 3 N–H and O–H groups in total. The fourth-order valence-corrected chi connectivity index (χ4v) is 3.41. The van der Waals surface area contributed by atoms with Crippen molar-refractivity contribution in [3.05, 3.63) is 21.4 Å². The van der Waals surface area contributed by atoms with E-state index in [1.54, 1.807) is 0 Å². The first-order chi connectivity index (χ1) is 9.65. The molecule has 0 radical (unpaired) electrons. The van der Waals surface area contributed by atoms with Gasteiger partial charge in [0.2, 0.25) is 0 Å². The number of carbonyl (C=O) groups excluding carboxylic acids is 1. The van der Waals surface area contributed by atoms with Gasteiger partial charge in [-0.3, -0.25) is 4.79 Å². The summed E-state index contributed by atoms with van der Waals surface area (Å²) in [5.41, 5.74) is 6.40. The highest BCUT2D eigenvalue weighted by molar-refractivity contribution is 7.14. The van der Waals surface area contributed by atoms with Gasteiger partial charge in [0, 0.05) is 19.7 Å². The van der Waals surface area contributed by atoms with Gasteiger partial charge in [-0.25, -0.2) is 0 Å². The van der Waals surface area contributed by atoms with Gasteiger partial charge < -0.3 is 15.7 Å². The van der Waals surface area contributed by atoms with Crippen molar-refractivity contribution in [2.45, 2.75) is 19.8 Å². The molecule has 0 aromatic carbocycles. The molecule has 1 aromatic heterocycles. The number of rotatable bonds is 2. The lowest BCUT2D eigenvalue weighted by Gasteiger charge is -2.31. The fraction of sp³-hybridized carbons (Fsp3) is 0.533. The van der Waals surface area contributed by atoms with Crippen LogP contribution >= 0.6 is 11.3 Å². The van der Waals surface area contributed by atoms with Crippen LogP contribution in [0.4, 0.5) is 0 Å². The van der Waals surface area contributed by atoms with Crippen molar-refractivity contribution in [3.63, 3.8) is 0 Å². The average Bonchev–Trinajstić information content (AvgIpc) is 2.85. The summed E-state index contributed by atoms with van der Waals surface area (Å²) in [5, 5.41) is 9.24. The number of hydrogen-bond donors (Lipinski definition) is 2. The Morgan fingerprint density at radius 1 is 1.65 bits per heavy atom. The molecule has 1 saturated heterocycles. The number of nitrogens with two attached hydrogens (primary N) is 1. The topological polar surface area (TPSA) is 66.6 Å². The standard InChI is InChI=1S/C15H20N2O2S/c1-11-8-14(20-13(11)5-2-6-16)15(19)17-7-3-4-12(9-17)10-18/h8,12,18H,3-4,6-7,9-10,16H2,1H3. The van der Waals surface area contributed by atoms with Gasteiger partial charge >= 0.3 is 0 Å². The lowest BCUT2D eigenvalue weighted by atomic mass is 9.99. The van der Waals surface area contributed by atoms with Crippen molar-refractivity contribution < 1.29 is 9.90 Å². The zero-order chi connectivity index (χ0) is 14.5. The molecule has 1 amide bonds. The molecule has 20 heavy (non-hydrogen) atoms. The third kappa shape index (κ3) is 3.40. The maximum Gasteiger partial charge on any atom is 0.263 e. The van der Waals surface area contributed by atoms with Crippen molar-refractivity contribution in [1.82, 2.24) is 4.90 Å². The van der Waals surface area contributed by atoms with Crippen LogP contribution in [-0.2, 0) is 0 Å². The molecule has 1 aliphatic rings. The number of aliphatic hydroxyl groups is 1. The van der Waals surface area contributed by atoms with Crippen molar-refractivity contribution >= 4 is 17.2 Å². The number of piperidine rings is 1. The zero-order valence-electron chi connectivity index (χ0n) is 11.7. The second-order valence-corrected chi connectivity index (χ2v) is 6.12. The number of amides is 1. The summed E-state index contributed by atoms with van der Waals surface area (Å²) in [6, 6.07) is 1.90. The van der Waals surface area contributed by atoms with Gasteiger partial charge in [0.25, 0.3) is 5.91 Å². The molecule has 1 fully saturated rings. The Balaban J connectivity index is 2.13. The predicted octanol–water partition coefficient (Wildman–Crippen LogP) is 1.21. The smallest absolute Gasteiger partial charge is 0.263 e. The number of aliphatic hydroxyl groups excluding tert-OH is 1. The van der Waals surface area contributed by atoms with E-state index in [9.17, 15) is 9.90 Å². The molecular formula is C15H20N2O2S. The molecule has 4 nitrogen and oxygen atoms in total. The summed E-state index contributed by atoms with van der Waals surface area (Å²) in [5.74, 6) is 6.09. The van der Waals surface area contributed by atoms with Crippen LogP contribution in [0.15, 0.2) is 6.07 Å². The first-order valence-corrected chi connectivity index (χ1v) is 7.67. The average molecular weight is 292 g/mol. The summed E-state index contributed by atoms with van der Waals surface area (Å²) >= 11 is 1.43. The second-order valence-electron chi connectivity index (χ2n) is 5.07. The number of carbonyl (C=O) groups is 1. The van der Waals surface area contributed by atoms with E-state index in [4.69, 9.17) is 5.73 Å². The summed E-state index contributed by atoms with van der Waals surface area (Å²) in [7, 11) is 0. The van der Waals surface area contributed by atoms with Gasteiger partial charge in [0.05, 0.1) is 16.3 Å². The van der Waals surface area contributed by atoms with E-state index >= 15 is 0 Å². The Kier molecular flexibility index (Phi) is 5.18. The Bertz CT molecular complexity index is 542. The number of hydrogen-bond acceptors (Lipinski definition) is 4. The highest BCUT2D eigenvalue weighted by Gasteiger charge is 2.25. The van der Waals surface area contributed by atoms with Crippen LogP contribution in [0.2, 0.25) is 0 Å². The number of nitrogens with zero attached hydrogens (tertiary/aromatic N) is 1. The summed E-state index contributed by atoms with van der Waals surface area (Å²) < 4.78 is 0. The third-order valence-corrected chi connectivity index (χ3v) is 4.64. The first-order valence-electron chi connectivity index (χ1n) is 6.85. The van der Waals surface area contributed by atoms with E-state index in [0.29, 0.717) is 13.1 Å². The summed E-state index contributed by atoms with van der Waals surface area (Å²) in [4.78, 5) is 16.0. The SMILES string of the molecule is Cc1cc(C(=O)N2CCCC(CO)C2)sc1C#CCN. The second kappa shape index (κ2) is 6.89. The largest absolute Gasteiger partial charge is 0.396 e. The van der Waals surface area contributed by atoms with Crippen molar-refractivity contribution in [1.29, 1.82) is 0 Å². The van der Waals surface area contributed by atoms with E-state index in [2.05, 4.69) is 11.8 Å². The number of aryl methyl sites for hydroxylation is 1. The van der Waals surface area contributed by atoms with Gasteiger partial charge in [0.1, 0.15) is 0 Å². The van der Waals surface area contributed by atoms with Gasteiger partial charge in [-0.15, -0.1) is 11.3 Å². The van der Waals surface area contributed by atoms with E-state index in [0.717, 1.165) is 34.7 Å². The molecule has 1 atom stereocenters. The first kappa shape index (κ1) is 15.0. The van der Waals surface area contributed by atoms with Crippen LogP contribution in [0.1, 0.15) is 33.0 Å². The summed E-state index contributed by atoms with van der Waals surface area (Å²) in [6.45, 7) is 3.86. The molecular weight excluding hydrogens is 272 g/mol. The summed E-state index contributed by atoms with van der Waals surface area (Å²) in [6.07, 6.45) is 1.96. The van der Waals surface area contributed by atoms with Crippen molar-refractivity contribution in [2.75, 3.05) is 26.2 Å². The Hall–Kier alpha value is -1.35. The molecule has 108 valence electrons. The van der Waals surface area contributed by atoms with Crippen LogP contribution in [0.25, 0.3) is 0 Å². The minimum Gasteiger partial charge on any atom is -0.396 e. The van der Waals surface area contributed by atoms with Crippen LogP contribution in [0.5, 0.6) is 0 Å². The normalized spacial score (nSPS) is 18.6. The Morgan fingerprint density at radius 3 is 3.15 bits per heavy atom. The molecule has 5 heteroatoms. The van der Waals surface area contributed by atoms with E-state index in [1.165, 1.54) is 11.3 Å². The van der Waals surface area contributed by atoms with Crippen LogP contribution < -0.4 is 5.73 Å². The van der Waals surface area contributed by atoms with Gasteiger partial charge in [0.15, 0.2) is 0 Å². The lowest BCUT2D eigenvalue weighted by Crippen LogP contribution is -2.40. The molecule has 1 unspecified atom stereocenters. The lowest BCUT2D eigenvalue weighted by molar-refractivity contribution is 0.0625. The van der Waals surface area contributed by atoms with Crippen LogP contribution in [-0.4, -0.2) is 42.2 Å². The third-order valence-electron chi connectivity index (χ3n) is 3.50. The van der Waals surface area contributed by atoms with Gasteiger partial charge in [-0.2, -0.15) is 0 Å². The fourth-order valence-electron chi connectivity index (χ4n) is 2.40. The number of thiophene rings is 1. The molecule has 1 aliphatic heterocycles. The van der Waals surface area contributed by atoms with Crippen LogP contribution in [0.3, 0.4) is 0 Å². The molecule has 0 saturated carbocycles. The van der Waals surface area contributed by atoms with Crippen molar-refractivity contribution in [3.8, 4) is 11.8 Å². The molecule has 2 rings (SSSR count). The van der Waals surface area contributed by atoms with E-state index < -0.39 is 0 Å². The molecule has 0 bridgehead atoms. The molecule has 0 aliphatic carbocycles. The van der Waals surface area contributed by atoms with E-state index in [1.807, 2.05) is 17.9 Å². The highest BCUT2D eigenvalue weighted by Crippen LogP contribution is 2.25. The minimum atomic E-state index is 0.0528. The molecule has 2 heterocycles. The van der Waals surface area contributed by atoms with E-state index in [-0.39, 0.29) is 18.4 Å². The zero-order valence-corrected chi connectivity index (χ0v) is 12.5. The molecule has 0 spiro atoms. The maximum absolute atomic E-state index is 12.5. The predicted molar refractivity (Wildman–Crippen MR) is 80.7 cm³/mol. The molecule has 1 aromatic rings. The Labute approximate surface area is 123 Å². The van der Waals surface area contributed by atoms with Gasteiger partial charge in [-0.05, 0) is 37.3 Å². The Morgan fingerprint density at radius 2 is 2.45 bits per heavy atom. The number of likely N-dealkylation sites (tertiary alicyclic amines) is 1. The quantitative estimate of drug-likeness (QED) is 0.805. The maximum atomic E-state index is 12.5. The monoisotopic (exact) mass is 292 g/mol.